The molecule has 0 aliphatic heterocycles. The van der Waals surface area contributed by atoms with Gasteiger partial charge < -0.3 is 5.11 Å². The first kappa shape index (κ1) is 10.0. The minimum absolute atomic E-state index is 0.306. The summed E-state index contributed by atoms with van der Waals surface area (Å²) >= 11 is 11.7. The molecule has 0 spiro atoms. The van der Waals surface area contributed by atoms with E-state index in [1.54, 1.807) is 6.07 Å². The number of benzene rings is 1. The molecule has 1 atom stereocenters. The maximum absolute atomic E-state index is 9.35. The summed E-state index contributed by atoms with van der Waals surface area (Å²) in [6.45, 7) is 0. The summed E-state index contributed by atoms with van der Waals surface area (Å²) in [5.74, 6) is 0. The van der Waals surface area contributed by atoms with Crippen molar-refractivity contribution in [3.8, 4) is 0 Å². The van der Waals surface area contributed by atoms with E-state index in [9.17, 15) is 5.11 Å². The summed E-state index contributed by atoms with van der Waals surface area (Å²) in [4.78, 5) is 0. The van der Waals surface area contributed by atoms with E-state index in [1.165, 1.54) is 0 Å². The molecule has 1 N–H and O–H groups in total. The van der Waals surface area contributed by atoms with Crippen molar-refractivity contribution in [1.29, 1.82) is 0 Å². The van der Waals surface area contributed by atoms with Crippen LogP contribution >= 0.6 is 23.2 Å². The molecule has 0 fully saturated rings. The molecule has 1 unspecified atom stereocenters. The van der Waals surface area contributed by atoms with Crippen LogP contribution in [0.4, 0.5) is 0 Å². The van der Waals surface area contributed by atoms with E-state index in [4.69, 9.17) is 23.2 Å². The van der Waals surface area contributed by atoms with Crippen molar-refractivity contribution in [3.63, 3.8) is 0 Å². The maximum atomic E-state index is 9.35. The van der Waals surface area contributed by atoms with E-state index in [0.717, 1.165) is 24.0 Å². The average Bonchev–Trinajstić information content (AvgIpc) is 2.57. The van der Waals surface area contributed by atoms with Crippen LogP contribution in [0.1, 0.15) is 18.4 Å². The van der Waals surface area contributed by atoms with Gasteiger partial charge in [-0.15, -0.1) is 0 Å². The van der Waals surface area contributed by atoms with Crippen LogP contribution in [-0.2, 0) is 0 Å². The van der Waals surface area contributed by atoms with Crippen molar-refractivity contribution in [2.45, 2.75) is 18.9 Å². The van der Waals surface area contributed by atoms with Gasteiger partial charge in [-0.3, -0.25) is 0 Å². The molecule has 1 aliphatic carbocycles. The number of halogens is 2. The van der Waals surface area contributed by atoms with Gasteiger partial charge in [0.2, 0.25) is 0 Å². The Morgan fingerprint density at radius 1 is 1.21 bits per heavy atom. The minimum atomic E-state index is -0.306. The normalized spacial score (nSPS) is 21.1. The fraction of sp³-hybridized carbons (Fsp3) is 0.273. The van der Waals surface area contributed by atoms with Crippen LogP contribution in [0, 0.1) is 0 Å². The highest BCUT2D eigenvalue weighted by molar-refractivity contribution is 6.42. The van der Waals surface area contributed by atoms with Crippen molar-refractivity contribution >= 4 is 28.8 Å². The predicted octanol–water partition coefficient (Wildman–Crippen LogP) is 3.53. The second kappa shape index (κ2) is 3.93. The van der Waals surface area contributed by atoms with E-state index in [0.29, 0.717) is 10.0 Å². The molecule has 0 saturated heterocycles. The van der Waals surface area contributed by atoms with E-state index in [-0.39, 0.29) is 6.10 Å². The van der Waals surface area contributed by atoms with Crippen molar-refractivity contribution in [2.24, 2.45) is 0 Å². The molecule has 1 nitrogen and oxygen atoms in total. The Bertz CT molecular complexity index is 385. The van der Waals surface area contributed by atoms with Gasteiger partial charge in [-0.05, 0) is 36.1 Å². The molecular formula is C11H10Cl2O. The monoisotopic (exact) mass is 228 g/mol. The Labute approximate surface area is 93.0 Å². The minimum Gasteiger partial charge on any atom is -0.389 e. The molecule has 0 aromatic heterocycles. The van der Waals surface area contributed by atoms with Crippen molar-refractivity contribution in [2.75, 3.05) is 0 Å². The van der Waals surface area contributed by atoms with Crippen LogP contribution in [-0.4, -0.2) is 11.2 Å². The zero-order chi connectivity index (χ0) is 10.1. The number of hydrogen-bond acceptors (Lipinski definition) is 1. The molecule has 2 rings (SSSR count). The van der Waals surface area contributed by atoms with Crippen LogP contribution in [0.15, 0.2) is 24.3 Å². The van der Waals surface area contributed by atoms with Gasteiger partial charge >= 0.3 is 0 Å². The summed E-state index contributed by atoms with van der Waals surface area (Å²) < 4.78 is 0. The second-order valence-corrected chi connectivity index (χ2v) is 4.24. The van der Waals surface area contributed by atoms with Gasteiger partial charge in [-0.2, -0.15) is 0 Å². The molecule has 1 aromatic carbocycles. The number of rotatable bonds is 1. The highest BCUT2D eigenvalue weighted by Gasteiger charge is 2.14. The Hall–Kier alpha value is -0.500. The maximum Gasteiger partial charge on any atom is 0.0730 e. The summed E-state index contributed by atoms with van der Waals surface area (Å²) in [5, 5.41) is 10.5. The van der Waals surface area contributed by atoms with E-state index in [1.807, 2.05) is 18.2 Å². The van der Waals surface area contributed by atoms with Gasteiger partial charge in [-0.1, -0.05) is 35.3 Å². The van der Waals surface area contributed by atoms with Crippen molar-refractivity contribution < 1.29 is 5.11 Å². The Balaban J connectivity index is 2.34. The Kier molecular flexibility index (Phi) is 2.82. The first-order valence-corrected chi connectivity index (χ1v) is 5.26. The third-order valence-corrected chi connectivity index (χ3v) is 3.13. The lowest BCUT2D eigenvalue weighted by atomic mass is 10.1. The average molecular weight is 229 g/mol. The standard InChI is InChI=1S/C11H10Cl2O/c12-10-4-2-8(6-11(10)13)7-1-3-9(14)5-7/h2,4-6,9,14H,1,3H2. The van der Waals surface area contributed by atoms with Crippen LogP contribution in [0.25, 0.3) is 5.57 Å². The number of aliphatic hydroxyl groups is 1. The quantitative estimate of drug-likeness (QED) is 0.780. The molecule has 1 aromatic rings. The fourth-order valence-electron chi connectivity index (χ4n) is 1.64. The first-order valence-electron chi connectivity index (χ1n) is 4.51. The predicted molar refractivity (Wildman–Crippen MR) is 59.7 cm³/mol. The van der Waals surface area contributed by atoms with E-state index < -0.39 is 0 Å². The van der Waals surface area contributed by atoms with Gasteiger partial charge in [0.05, 0.1) is 16.1 Å². The Morgan fingerprint density at radius 2 is 2.00 bits per heavy atom. The third-order valence-electron chi connectivity index (χ3n) is 2.39. The fourth-order valence-corrected chi connectivity index (χ4v) is 1.94. The molecule has 0 bridgehead atoms. The highest BCUT2D eigenvalue weighted by atomic mass is 35.5. The Morgan fingerprint density at radius 3 is 2.57 bits per heavy atom. The molecule has 0 heterocycles. The number of aliphatic hydroxyl groups excluding tert-OH is 1. The summed E-state index contributed by atoms with van der Waals surface area (Å²) in [6.07, 6.45) is 3.27. The molecule has 74 valence electrons. The highest BCUT2D eigenvalue weighted by Crippen LogP contribution is 2.31. The zero-order valence-corrected chi connectivity index (χ0v) is 9.02. The molecule has 0 radical (unpaired) electrons. The van der Waals surface area contributed by atoms with E-state index >= 15 is 0 Å². The topological polar surface area (TPSA) is 20.2 Å². The molecule has 1 aliphatic rings. The van der Waals surface area contributed by atoms with E-state index in [2.05, 4.69) is 0 Å². The summed E-state index contributed by atoms with van der Waals surface area (Å²) in [7, 11) is 0. The molecular weight excluding hydrogens is 219 g/mol. The van der Waals surface area contributed by atoms with Gasteiger partial charge in [-0.25, -0.2) is 0 Å². The van der Waals surface area contributed by atoms with Crippen molar-refractivity contribution in [1.82, 2.24) is 0 Å². The first-order chi connectivity index (χ1) is 6.66. The van der Waals surface area contributed by atoms with Crippen LogP contribution in [0.5, 0.6) is 0 Å². The summed E-state index contributed by atoms with van der Waals surface area (Å²) in [5.41, 5.74) is 2.20. The SMILES string of the molecule is OC1C=C(c2ccc(Cl)c(Cl)c2)CC1. The van der Waals surface area contributed by atoms with Crippen LogP contribution in [0.2, 0.25) is 10.0 Å². The van der Waals surface area contributed by atoms with Gasteiger partial charge in [0.15, 0.2) is 0 Å². The zero-order valence-electron chi connectivity index (χ0n) is 7.50. The van der Waals surface area contributed by atoms with Gasteiger partial charge in [0.1, 0.15) is 0 Å². The van der Waals surface area contributed by atoms with Crippen LogP contribution in [0.3, 0.4) is 0 Å². The van der Waals surface area contributed by atoms with Gasteiger partial charge in [0.25, 0.3) is 0 Å². The molecule has 3 heteroatoms. The second-order valence-electron chi connectivity index (χ2n) is 3.43. The number of hydrogen-bond donors (Lipinski definition) is 1. The smallest absolute Gasteiger partial charge is 0.0730 e. The third kappa shape index (κ3) is 1.95. The molecule has 14 heavy (non-hydrogen) atoms. The van der Waals surface area contributed by atoms with Crippen LogP contribution < -0.4 is 0 Å². The summed E-state index contributed by atoms with van der Waals surface area (Å²) in [6, 6.07) is 5.55. The largest absolute Gasteiger partial charge is 0.389 e. The lowest BCUT2D eigenvalue weighted by Gasteiger charge is -2.03. The molecule has 0 saturated carbocycles. The lowest BCUT2D eigenvalue weighted by molar-refractivity contribution is 0.223. The van der Waals surface area contributed by atoms with Gasteiger partial charge in [0, 0.05) is 0 Å². The molecule has 0 amide bonds. The number of allylic oxidation sites excluding steroid dienone is 1. The lowest BCUT2D eigenvalue weighted by Crippen LogP contribution is -1.93. The van der Waals surface area contributed by atoms with Crippen molar-refractivity contribution in [3.05, 3.63) is 39.9 Å².